The summed E-state index contributed by atoms with van der Waals surface area (Å²) in [6.45, 7) is 2.31. The number of rotatable bonds is 3. The zero-order chi connectivity index (χ0) is 14.8. The maximum absolute atomic E-state index is 6.60. The lowest BCUT2D eigenvalue weighted by Crippen LogP contribution is -2.26. The van der Waals surface area contributed by atoms with Crippen LogP contribution in [0.4, 0.5) is 0 Å². The van der Waals surface area contributed by atoms with Crippen molar-refractivity contribution < 1.29 is 0 Å². The lowest BCUT2D eigenvalue weighted by molar-refractivity contribution is 0.230. The maximum atomic E-state index is 6.60. The zero-order valence-electron chi connectivity index (χ0n) is 12.7. The molecule has 1 aliphatic carbocycles. The van der Waals surface area contributed by atoms with Crippen LogP contribution in [0.25, 0.3) is 10.8 Å². The molecule has 1 aliphatic rings. The Bertz CT molecular complexity index is 622. The number of hydrogen-bond donors (Lipinski definition) is 1. The summed E-state index contributed by atoms with van der Waals surface area (Å²) in [4.78, 5) is 0. The molecule has 1 saturated carbocycles. The highest BCUT2D eigenvalue weighted by Gasteiger charge is 2.26. The lowest BCUT2D eigenvalue weighted by atomic mass is 9.75. The summed E-state index contributed by atoms with van der Waals surface area (Å²) < 4.78 is 1.13. The first-order chi connectivity index (χ1) is 10.2. The van der Waals surface area contributed by atoms with Crippen molar-refractivity contribution in [3.63, 3.8) is 0 Å². The Hall–Kier alpha value is -0.860. The molecular formula is C19H24BrN. The Kier molecular flexibility index (Phi) is 4.66. The molecule has 21 heavy (non-hydrogen) atoms. The normalized spacial score (nSPS) is 24.1. The molecule has 0 aliphatic heterocycles. The Balaban J connectivity index is 1.83. The van der Waals surface area contributed by atoms with E-state index in [-0.39, 0.29) is 6.04 Å². The van der Waals surface area contributed by atoms with Gasteiger partial charge in [-0.3, -0.25) is 0 Å². The summed E-state index contributed by atoms with van der Waals surface area (Å²) in [7, 11) is 0. The molecule has 1 fully saturated rings. The number of halogens is 1. The van der Waals surface area contributed by atoms with Crippen LogP contribution in [0.2, 0.25) is 0 Å². The van der Waals surface area contributed by atoms with Crippen molar-refractivity contribution in [2.45, 2.75) is 45.1 Å². The third-order valence-electron chi connectivity index (χ3n) is 5.12. The van der Waals surface area contributed by atoms with Gasteiger partial charge < -0.3 is 5.73 Å². The molecule has 112 valence electrons. The molecule has 1 nitrogen and oxygen atoms in total. The van der Waals surface area contributed by atoms with E-state index in [1.807, 2.05) is 0 Å². The van der Waals surface area contributed by atoms with Gasteiger partial charge in [0.05, 0.1) is 0 Å². The predicted molar refractivity (Wildman–Crippen MR) is 94.3 cm³/mol. The van der Waals surface area contributed by atoms with Crippen LogP contribution >= 0.6 is 15.9 Å². The van der Waals surface area contributed by atoms with E-state index in [0.717, 1.165) is 10.4 Å². The smallest absolute Gasteiger partial charge is 0.0323 e. The Morgan fingerprint density at radius 1 is 1.14 bits per heavy atom. The minimum atomic E-state index is 0.187. The molecule has 3 rings (SSSR count). The van der Waals surface area contributed by atoms with Crippen LogP contribution in [0.15, 0.2) is 40.9 Å². The summed E-state index contributed by atoms with van der Waals surface area (Å²) in [5.41, 5.74) is 7.90. The van der Waals surface area contributed by atoms with Crippen LogP contribution in [0, 0.1) is 11.8 Å². The molecule has 2 aromatic carbocycles. The van der Waals surface area contributed by atoms with E-state index in [1.165, 1.54) is 48.4 Å². The van der Waals surface area contributed by atoms with Crippen LogP contribution in [-0.2, 0) is 0 Å². The largest absolute Gasteiger partial charge is 0.324 e. The van der Waals surface area contributed by atoms with Crippen molar-refractivity contribution in [1.82, 2.24) is 0 Å². The summed E-state index contributed by atoms with van der Waals surface area (Å²) in [6.07, 6.45) is 6.63. The highest BCUT2D eigenvalue weighted by Crippen LogP contribution is 2.38. The van der Waals surface area contributed by atoms with Gasteiger partial charge in [0.2, 0.25) is 0 Å². The van der Waals surface area contributed by atoms with Gasteiger partial charge in [0.1, 0.15) is 0 Å². The highest BCUT2D eigenvalue weighted by atomic mass is 79.9. The van der Waals surface area contributed by atoms with Gasteiger partial charge in [-0.15, -0.1) is 0 Å². The molecule has 3 atom stereocenters. The van der Waals surface area contributed by atoms with Crippen LogP contribution in [0.1, 0.15) is 50.6 Å². The first-order valence-electron chi connectivity index (χ1n) is 8.12. The van der Waals surface area contributed by atoms with E-state index in [2.05, 4.69) is 59.3 Å². The molecule has 2 heteroatoms. The highest BCUT2D eigenvalue weighted by molar-refractivity contribution is 9.10. The van der Waals surface area contributed by atoms with Crippen molar-refractivity contribution in [3.8, 4) is 0 Å². The lowest BCUT2D eigenvalue weighted by Gasteiger charge is -2.32. The van der Waals surface area contributed by atoms with Gasteiger partial charge in [-0.2, -0.15) is 0 Å². The zero-order valence-corrected chi connectivity index (χ0v) is 14.3. The van der Waals surface area contributed by atoms with E-state index in [4.69, 9.17) is 5.73 Å². The molecule has 2 aromatic rings. The van der Waals surface area contributed by atoms with Gasteiger partial charge in [-0.1, -0.05) is 60.3 Å². The van der Waals surface area contributed by atoms with Crippen molar-refractivity contribution in [3.05, 3.63) is 46.4 Å². The predicted octanol–water partition coefficient (Wildman–Crippen LogP) is 5.82. The van der Waals surface area contributed by atoms with Crippen molar-refractivity contribution >= 4 is 26.7 Å². The first kappa shape index (κ1) is 15.1. The molecule has 2 N–H and O–H groups in total. The maximum Gasteiger partial charge on any atom is 0.0323 e. The third kappa shape index (κ3) is 3.32. The van der Waals surface area contributed by atoms with E-state index in [1.54, 1.807) is 0 Å². The van der Waals surface area contributed by atoms with Gasteiger partial charge in [0.15, 0.2) is 0 Å². The minimum Gasteiger partial charge on any atom is -0.324 e. The summed E-state index contributed by atoms with van der Waals surface area (Å²) >= 11 is 3.53. The fraction of sp³-hybridized carbons (Fsp3) is 0.474. The van der Waals surface area contributed by atoms with Crippen LogP contribution in [0.5, 0.6) is 0 Å². The third-order valence-corrected chi connectivity index (χ3v) is 5.61. The van der Waals surface area contributed by atoms with Crippen LogP contribution in [0.3, 0.4) is 0 Å². The van der Waals surface area contributed by atoms with Crippen LogP contribution < -0.4 is 5.73 Å². The summed E-state index contributed by atoms with van der Waals surface area (Å²) in [6, 6.07) is 13.3. The molecule has 0 aromatic heterocycles. The van der Waals surface area contributed by atoms with Gasteiger partial charge in [0, 0.05) is 10.5 Å². The average molecular weight is 346 g/mol. The molecular weight excluding hydrogens is 322 g/mol. The molecule has 0 amide bonds. The van der Waals surface area contributed by atoms with Gasteiger partial charge in [-0.05, 0) is 59.2 Å². The molecule has 0 bridgehead atoms. The molecule has 0 saturated heterocycles. The van der Waals surface area contributed by atoms with Crippen LogP contribution in [-0.4, -0.2) is 0 Å². The van der Waals surface area contributed by atoms with Gasteiger partial charge in [-0.25, -0.2) is 0 Å². The number of hydrogen-bond acceptors (Lipinski definition) is 1. The van der Waals surface area contributed by atoms with E-state index < -0.39 is 0 Å². The minimum absolute atomic E-state index is 0.187. The summed E-state index contributed by atoms with van der Waals surface area (Å²) in [5.74, 6) is 1.53. The average Bonchev–Trinajstić information content (AvgIpc) is 2.53. The van der Waals surface area contributed by atoms with Gasteiger partial charge in [0.25, 0.3) is 0 Å². The van der Waals surface area contributed by atoms with Crippen molar-refractivity contribution in [2.75, 3.05) is 0 Å². The SMILES string of the molecule is CCC1CCCC(C(N)c2ccc3cc(Br)ccc3c2)C1. The second kappa shape index (κ2) is 6.50. The topological polar surface area (TPSA) is 26.0 Å². The van der Waals surface area contributed by atoms with Crippen molar-refractivity contribution in [1.29, 1.82) is 0 Å². The number of fused-ring (bicyclic) bond motifs is 1. The Morgan fingerprint density at radius 3 is 2.71 bits per heavy atom. The van der Waals surface area contributed by atoms with E-state index in [9.17, 15) is 0 Å². The molecule has 0 radical (unpaired) electrons. The standard InChI is InChI=1S/C19H24BrN/c1-2-13-4-3-5-16(10-13)19(21)17-7-6-15-12-18(20)9-8-14(15)11-17/h6-9,11-13,16,19H,2-5,10,21H2,1H3. The fourth-order valence-corrected chi connectivity index (χ4v) is 4.12. The monoisotopic (exact) mass is 345 g/mol. The van der Waals surface area contributed by atoms with Gasteiger partial charge >= 0.3 is 0 Å². The first-order valence-corrected chi connectivity index (χ1v) is 8.91. The second-order valence-corrected chi connectivity index (χ2v) is 7.39. The Labute approximate surface area is 136 Å². The van der Waals surface area contributed by atoms with E-state index >= 15 is 0 Å². The number of nitrogens with two attached hydrogens (primary N) is 1. The molecule has 3 unspecified atom stereocenters. The number of benzene rings is 2. The van der Waals surface area contributed by atoms with E-state index in [0.29, 0.717) is 5.92 Å². The fourth-order valence-electron chi connectivity index (χ4n) is 3.74. The Morgan fingerprint density at radius 2 is 1.90 bits per heavy atom. The van der Waals surface area contributed by atoms with Crippen molar-refractivity contribution in [2.24, 2.45) is 17.6 Å². The second-order valence-electron chi connectivity index (χ2n) is 6.48. The quantitative estimate of drug-likeness (QED) is 0.745. The molecule has 0 heterocycles. The summed E-state index contributed by atoms with van der Waals surface area (Å²) in [5, 5.41) is 2.56. The molecule has 0 spiro atoms.